The highest BCUT2D eigenvalue weighted by Crippen LogP contribution is 2.13. The van der Waals surface area contributed by atoms with Crippen LogP contribution in [0.4, 0.5) is 0 Å². The lowest BCUT2D eigenvalue weighted by molar-refractivity contribution is -0.139. The van der Waals surface area contributed by atoms with Crippen LogP contribution in [0, 0.1) is 5.92 Å². The average molecular weight is 141 g/mol. The first kappa shape index (κ1) is 7.25. The Hall–Kier alpha value is -0.860. The van der Waals surface area contributed by atoms with Gasteiger partial charge in [0.15, 0.2) is 0 Å². The zero-order valence-electron chi connectivity index (χ0n) is 6.04. The molecule has 0 radical (unpaired) electrons. The summed E-state index contributed by atoms with van der Waals surface area (Å²) in [6.45, 7) is 0.795. The van der Waals surface area contributed by atoms with Gasteiger partial charge in [-0.2, -0.15) is 0 Å². The van der Waals surface area contributed by atoms with Crippen molar-refractivity contribution in [1.82, 2.24) is 4.90 Å². The lowest BCUT2D eigenvalue weighted by atomic mass is 9.99. The molecule has 0 unspecified atom stereocenters. The SMILES string of the molecule is CN1CCC[C@H](C=O)C1=O. The van der Waals surface area contributed by atoms with E-state index < -0.39 is 0 Å². The van der Waals surface area contributed by atoms with Crippen LogP contribution >= 0.6 is 0 Å². The van der Waals surface area contributed by atoms with Crippen LogP contribution in [-0.4, -0.2) is 30.7 Å². The number of hydrogen-bond acceptors (Lipinski definition) is 2. The number of amides is 1. The molecular weight excluding hydrogens is 130 g/mol. The molecule has 56 valence electrons. The maximum atomic E-state index is 11.1. The largest absolute Gasteiger partial charge is 0.345 e. The fraction of sp³-hybridized carbons (Fsp3) is 0.714. The number of carbonyl (C=O) groups excluding carboxylic acids is 2. The van der Waals surface area contributed by atoms with Crippen LogP contribution in [0.1, 0.15) is 12.8 Å². The van der Waals surface area contributed by atoms with Crippen molar-refractivity contribution < 1.29 is 9.59 Å². The molecule has 0 aromatic rings. The minimum Gasteiger partial charge on any atom is -0.345 e. The molecule has 1 rings (SSSR count). The summed E-state index contributed by atoms with van der Waals surface area (Å²) in [7, 11) is 1.73. The summed E-state index contributed by atoms with van der Waals surface area (Å²) in [5, 5.41) is 0. The van der Waals surface area contributed by atoms with Gasteiger partial charge in [-0.1, -0.05) is 0 Å². The number of likely N-dealkylation sites (tertiary alicyclic amines) is 1. The predicted octanol–water partition coefficient (Wildman–Crippen LogP) is 0.0537. The fourth-order valence-corrected chi connectivity index (χ4v) is 1.19. The highest BCUT2D eigenvalue weighted by Gasteiger charge is 2.25. The molecule has 1 heterocycles. The van der Waals surface area contributed by atoms with Gasteiger partial charge in [0.1, 0.15) is 6.29 Å². The van der Waals surface area contributed by atoms with E-state index in [0.717, 1.165) is 25.7 Å². The Morgan fingerprint density at radius 3 is 2.90 bits per heavy atom. The van der Waals surface area contributed by atoms with Crippen molar-refractivity contribution in [1.29, 1.82) is 0 Å². The van der Waals surface area contributed by atoms with Crippen LogP contribution in [0.15, 0.2) is 0 Å². The second kappa shape index (κ2) is 2.82. The third-order valence-electron chi connectivity index (χ3n) is 1.87. The molecule has 0 aliphatic carbocycles. The smallest absolute Gasteiger partial charge is 0.232 e. The van der Waals surface area contributed by atoms with E-state index in [4.69, 9.17) is 0 Å². The average Bonchev–Trinajstić information content (AvgIpc) is 1.95. The first-order valence-electron chi connectivity index (χ1n) is 3.46. The van der Waals surface area contributed by atoms with Crippen LogP contribution in [-0.2, 0) is 9.59 Å². The van der Waals surface area contributed by atoms with Crippen molar-refractivity contribution in [2.24, 2.45) is 5.92 Å². The number of rotatable bonds is 1. The second-order valence-electron chi connectivity index (χ2n) is 2.64. The van der Waals surface area contributed by atoms with Crippen molar-refractivity contribution in [2.45, 2.75) is 12.8 Å². The lowest BCUT2D eigenvalue weighted by Crippen LogP contribution is -2.38. The summed E-state index contributed by atoms with van der Waals surface area (Å²) in [5.74, 6) is -0.389. The van der Waals surface area contributed by atoms with Crippen molar-refractivity contribution in [3.05, 3.63) is 0 Å². The van der Waals surface area contributed by atoms with Crippen LogP contribution in [0.2, 0.25) is 0 Å². The van der Waals surface area contributed by atoms with Crippen molar-refractivity contribution in [3.8, 4) is 0 Å². The molecule has 0 aromatic carbocycles. The molecule has 3 heteroatoms. The molecule has 0 saturated carbocycles. The van der Waals surface area contributed by atoms with Crippen molar-refractivity contribution in [3.63, 3.8) is 0 Å². The highest BCUT2D eigenvalue weighted by molar-refractivity contribution is 5.91. The monoisotopic (exact) mass is 141 g/mol. The number of aldehydes is 1. The van der Waals surface area contributed by atoms with E-state index in [9.17, 15) is 9.59 Å². The number of carbonyl (C=O) groups is 2. The summed E-state index contributed by atoms with van der Waals surface area (Å²) >= 11 is 0. The van der Waals surface area contributed by atoms with Gasteiger partial charge in [0, 0.05) is 13.6 Å². The Balaban J connectivity index is 2.59. The summed E-state index contributed by atoms with van der Waals surface area (Å²) in [4.78, 5) is 22.9. The van der Waals surface area contributed by atoms with Gasteiger partial charge in [-0.05, 0) is 12.8 Å². The molecule has 1 fully saturated rings. The van der Waals surface area contributed by atoms with Gasteiger partial charge in [-0.25, -0.2) is 0 Å². The third-order valence-corrected chi connectivity index (χ3v) is 1.87. The molecule has 1 saturated heterocycles. The van der Waals surface area contributed by atoms with E-state index in [1.165, 1.54) is 0 Å². The molecule has 1 atom stereocenters. The Kier molecular flexibility index (Phi) is 2.04. The van der Waals surface area contributed by atoms with Crippen LogP contribution in [0.5, 0.6) is 0 Å². The number of nitrogens with zero attached hydrogens (tertiary/aromatic N) is 1. The van der Waals surface area contributed by atoms with Crippen molar-refractivity contribution >= 4 is 12.2 Å². The zero-order chi connectivity index (χ0) is 7.56. The van der Waals surface area contributed by atoms with E-state index in [-0.39, 0.29) is 11.8 Å². The van der Waals surface area contributed by atoms with E-state index in [0.29, 0.717) is 0 Å². The fourth-order valence-electron chi connectivity index (χ4n) is 1.19. The Bertz CT molecular complexity index is 156. The number of hydrogen-bond donors (Lipinski definition) is 0. The van der Waals surface area contributed by atoms with Gasteiger partial charge >= 0.3 is 0 Å². The normalized spacial score (nSPS) is 26.7. The third kappa shape index (κ3) is 1.17. The highest BCUT2D eigenvalue weighted by atomic mass is 16.2. The first-order valence-corrected chi connectivity index (χ1v) is 3.46. The summed E-state index contributed by atoms with van der Waals surface area (Å²) < 4.78 is 0. The minimum atomic E-state index is -0.362. The second-order valence-corrected chi connectivity index (χ2v) is 2.64. The molecular formula is C7H11NO2. The van der Waals surface area contributed by atoms with E-state index in [1.807, 2.05) is 0 Å². The van der Waals surface area contributed by atoms with Gasteiger partial charge in [0.25, 0.3) is 0 Å². The topological polar surface area (TPSA) is 37.4 Å². The van der Waals surface area contributed by atoms with E-state index >= 15 is 0 Å². The van der Waals surface area contributed by atoms with Crippen LogP contribution in [0.3, 0.4) is 0 Å². The van der Waals surface area contributed by atoms with Crippen molar-refractivity contribution in [2.75, 3.05) is 13.6 Å². The maximum absolute atomic E-state index is 11.1. The molecule has 0 N–H and O–H groups in total. The zero-order valence-corrected chi connectivity index (χ0v) is 6.04. The van der Waals surface area contributed by atoms with E-state index in [2.05, 4.69) is 0 Å². The first-order chi connectivity index (χ1) is 4.75. The lowest BCUT2D eigenvalue weighted by Gasteiger charge is -2.25. The van der Waals surface area contributed by atoms with Gasteiger partial charge < -0.3 is 9.69 Å². The van der Waals surface area contributed by atoms with Gasteiger partial charge in [-0.15, -0.1) is 0 Å². The summed E-state index contributed by atoms with van der Waals surface area (Å²) in [6, 6.07) is 0. The van der Waals surface area contributed by atoms with Gasteiger partial charge in [-0.3, -0.25) is 4.79 Å². The summed E-state index contributed by atoms with van der Waals surface area (Å²) in [5.41, 5.74) is 0. The molecule has 10 heavy (non-hydrogen) atoms. The van der Waals surface area contributed by atoms with Gasteiger partial charge in [0.05, 0.1) is 5.92 Å². The standard InChI is InChI=1S/C7H11NO2/c1-8-4-2-3-6(5-9)7(8)10/h5-6H,2-4H2,1H3/t6-/m1/s1. The molecule has 0 bridgehead atoms. The van der Waals surface area contributed by atoms with Crippen LogP contribution in [0.25, 0.3) is 0 Å². The maximum Gasteiger partial charge on any atom is 0.232 e. The van der Waals surface area contributed by atoms with Crippen LogP contribution < -0.4 is 0 Å². The summed E-state index contributed by atoms with van der Waals surface area (Å²) in [6.07, 6.45) is 2.43. The Morgan fingerprint density at radius 1 is 1.70 bits per heavy atom. The molecule has 0 aromatic heterocycles. The Morgan fingerprint density at radius 2 is 2.40 bits per heavy atom. The molecule has 3 nitrogen and oxygen atoms in total. The van der Waals surface area contributed by atoms with Gasteiger partial charge in [0.2, 0.25) is 5.91 Å². The Labute approximate surface area is 60.0 Å². The molecule has 1 aliphatic heterocycles. The molecule has 1 amide bonds. The number of piperidine rings is 1. The molecule has 0 spiro atoms. The minimum absolute atomic E-state index is 0.0266. The molecule has 1 aliphatic rings. The van der Waals surface area contributed by atoms with E-state index in [1.54, 1.807) is 11.9 Å². The quantitative estimate of drug-likeness (QED) is 0.382. The predicted molar refractivity (Wildman–Crippen MR) is 36.4 cm³/mol.